The number of benzene rings is 1. The molecule has 1 aromatic carbocycles. The topological polar surface area (TPSA) is 109 Å². The molecule has 1 atom stereocenters. The van der Waals surface area contributed by atoms with E-state index in [1.807, 2.05) is 0 Å². The second kappa shape index (κ2) is 10.5. The Balaban J connectivity index is 3.21. The Hall–Kier alpha value is -2.54. The Labute approximate surface area is 154 Å². The SMILES string of the molecule is CC(N)=C(C=NCC(C)C)CN=C(N=CN)c1ccc(F)cc1[C@@H](C)O. The smallest absolute Gasteiger partial charge is 0.156 e. The second-order valence-electron chi connectivity index (χ2n) is 6.42. The number of nitrogens with two attached hydrogens (primary N) is 2. The van der Waals surface area contributed by atoms with Crippen LogP contribution >= 0.6 is 0 Å². The van der Waals surface area contributed by atoms with Gasteiger partial charge in [-0.25, -0.2) is 9.38 Å². The first kappa shape index (κ1) is 21.5. The highest BCUT2D eigenvalue weighted by molar-refractivity contribution is 6.04. The summed E-state index contributed by atoms with van der Waals surface area (Å²) in [5.41, 5.74) is 13.6. The molecule has 26 heavy (non-hydrogen) atoms. The fraction of sp³-hybridized carbons (Fsp3) is 0.421. The van der Waals surface area contributed by atoms with Gasteiger partial charge in [0.1, 0.15) is 5.82 Å². The third-order valence-electron chi connectivity index (χ3n) is 3.52. The van der Waals surface area contributed by atoms with E-state index < -0.39 is 11.9 Å². The van der Waals surface area contributed by atoms with E-state index in [9.17, 15) is 9.50 Å². The van der Waals surface area contributed by atoms with Crippen LogP contribution in [0, 0.1) is 11.7 Å². The van der Waals surface area contributed by atoms with Crippen LogP contribution in [0.25, 0.3) is 0 Å². The van der Waals surface area contributed by atoms with Gasteiger partial charge in [0.15, 0.2) is 5.84 Å². The van der Waals surface area contributed by atoms with Gasteiger partial charge in [-0.2, -0.15) is 0 Å². The summed E-state index contributed by atoms with van der Waals surface area (Å²) in [6.07, 6.45) is 1.94. The summed E-state index contributed by atoms with van der Waals surface area (Å²) in [5.74, 6) is 0.290. The maximum Gasteiger partial charge on any atom is 0.156 e. The lowest BCUT2D eigenvalue weighted by Crippen LogP contribution is -2.10. The standard InChI is InChI=1S/C19H28FN5O/c1-12(2)8-23-9-15(13(3)22)10-24-19(25-11-21)17-6-5-16(20)7-18(17)14(4)26/h5-7,9,11-12,14,26H,8,10,22H2,1-4H3,(H2,21,24,25)/t14-/m1/s1. The first-order valence-electron chi connectivity index (χ1n) is 8.47. The lowest BCUT2D eigenvalue weighted by molar-refractivity contribution is 0.198. The van der Waals surface area contributed by atoms with Gasteiger partial charge in [0.05, 0.1) is 19.0 Å². The molecule has 5 N–H and O–H groups in total. The van der Waals surface area contributed by atoms with Gasteiger partial charge in [0, 0.05) is 29.6 Å². The van der Waals surface area contributed by atoms with Crippen LogP contribution in [-0.4, -0.2) is 36.6 Å². The first-order chi connectivity index (χ1) is 12.3. The number of amidine groups is 1. The number of nitrogens with zero attached hydrogens (tertiary/aromatic N) is 3. The minimum absolute atomic E-state index is 0.243. The Morgan fingerprint density at radius 1 is 1.31 bits per heavy atom. The van der Waals surface area contributed by atoms with Crippen LogP contribution in [0.5, 0.6) is 0 Å². The predicted octanol–water partition coefficient (Wildman–Crippen LogP) is 2.57. The van der Waals surface area contributed by atoms with Gasteiger partial charge in [-0.1, -0.05) is 13.8 Å². The van der Waals surface area contributed by atoms with Crippen LogP contribution in [-0.2, 0) is 0 Å². The predicted molar refractivity (Wildman–Crippen MR) is 106 cm³/mol. The van der Waals surface area contributed by atoms with Gasteiger partial charge in [0.25, 0.3) is 0 Å². The molecule has 0 aliphatic rings. The summed E-state index contributed by atoms with van der Waals surface area (Å²) in [6.45, 7) is 8.42. The van der Waals surface area contributed by atoms with E-state index >= 15 is 0 Å². The Morgan fingerprint density at radius 3 is 2.54 bits per heavy atom. The maximum atomic E-state index is 13.5. The molecule has 0 spiro atoms. The third-order valence-corrected chi connectivity index (χ3v) is 3.52. The minimum atomic E-state index is -0.877. The number of aliphatic hydroxyl groups excluding tert-OH is 1. The zero-order valence-electron chi connectivity index (χ0n) is 15.8. The normalized spacial score (nSPS) is 15.1. The van der Waals surface area contributed by atoms with Crippen LogP contribution < -0.4 is 11.5 Å². The molecule has 0 unspecified atom stereocenters. The van der Waals surface area contributed by atoms with E-state index in [1.54, 1.807) is 20.1 Å². The number of aliphatic imine (C=N–C) groups is 3. The highest BCUT2D eigenvalue weighted by Gasteiger charge is 2.14. The van der Waals surface area contributed by atoms with Crippen molar-refractivity contribution in [1.82, 2.24) is 0 Å². The van der Waals surface area contributed by atoms with E-state index in [0.29, 0.717) is 35.1 Å². The monoisotopic (exact) mass is 361 g/mol. The highest BCUT2D eigenvalue weighted by Crippen LogP contribution is 2.20. The molecular weight excluding hydrogens is 333 g/mol. The van der Waals surface area contributed by atoms with Gasteiger partial charge in [0.2, 0.25) is 0 Å². The molecule has 6 nitrogen and oxygen atoms in total. The number of rotatable bonds is 7. The van der Waals surface area contributed by atoms with Crippen molar-refractivity contribution in [3.05, 3.63) is 46.4 Å². The van der Waals surface area contributed by atoms with Crippen LogP contribution in [0.4, 0.5) is 4.39 Å². The first-order valence-corrected chi connectivity index (χ1v) is 8.47. The summed E-state index contributed by atoms with van der Waals surface area (Å²) in [6, 6.07) is 4.07. The van der Waals surface area contributed by atoms with E-state index in [1.165, 1.54) is 18.2 Å². The Morgan fingerprint density at radius 2 is 2.00 bits per heavy atom. The van der Waals surface area contributed by atoms with Crippen molar-refractivity contribution < 1.29 is 9.50 Å². The second-order valence-corrected chi connectivity index (χ2v) is 6.42. The zero-order chi connectivity index (χ0) is 19.7. The van der Waals surface area contributed by atoms with Crippen LogP contribution in [0.2, 0.25) is 0 Å². The van der Waals surface area contributed by atoms with Crippen LogP contribution in [0.1, 0.15) is 44.9 Å². The van der Waals surface area contributed by atoms with Gasteiger partial charge < -0.3 is 16.6 Å². The van der Waals surface area contributed by atoms with Crippen molar-refractivity contribution in [2.45, 2.75) is 33.8 Å². The van der Waals surface area contributed by atoms with Crippen molar-refractivity contribution in [2.75, 3.05) is 13.1 Å². The molecule has 0 fully saturated rings. The van der Waals surface area contributed by atoms with E-state index in [2.05, 4.69) is 28.8 Å². The average molecular weight is 361 g/mol. The van der Waals surface area contributed by atoms with Crippen molar-refractivity contribution in [1.29, 1.82) is 0 Å². The molecule has 0 saturated heterocycles. The van der Waals surface area contributed by atoms with Gasteiger partial charge in [-0.3, -0.25) is 9.98 Å². The number of hydrogen-bond donors (Lipinski definition) is 3. The molecule has 0 radical (unpaired) electrons. The van der Waals surface area contributed by atoms with Gasteiger partial charge in [-0.15, -0.1) is 0 Å². The molecule has 7 heteroatoms. The van der Waals surface area contributed by atoms with Crippen molar-refractivity contribution >= 4 is 18.4 Å². The van der Waals surface area contributed by atoms with E-state index in [0.717, 1.165) is 11.9 Å². The number of allylic oxidation sites excluding steroid dienone is 1. The fourth-order valence-electron chi connectivity index (χ4n) is 2.15. The molecule has 0 amide bonds. The van der Waals surface area contributed by atoms with Crippen molar-refractivity contribution in [2.24, 2.45) is 32.4 Å². The minimum Gasteiger partial charge on any atom is -0.402 e. The summed E-state index contributed by atoms with van der Waals surface area (Å²) in [5, 5.41) is 9.92. The molecule has 0 bridgehead atoms. The summed E-state index contributed by atoms with van der Waals surface area (Å²) < 4.78 is 13.5. The summed E-state index contributed by atoms with van der Waals surface area (Å²) in [4.78, 5) is 12.9. The third kappa shape index (κ3) is 6.76. The van der Waals surface area contributed by atoms with Gasteiger partial charge in [-0.05, 0) is 43.5 Å². The molecule has 0 saturated carbocycles. The molecular formula is C19H28FN5O. The lowest BCUT2D eigenvalue weighted by Gasteiger charge is -2.12. The molecule has 1 aromatic rings. The molecule has 142 valence electrons. The molecule has 0 aliphatic carbocycles. The van der Waals surface area contributed by atoms with Gasteiger partial charge >= 0.3 is 0 Å². The zero-order valence-corrected chi connectivity index (χ0v) is 15.8. The Bertz CT molecular complexity index is 717. The van der Waals surface area contributed by atoms with Crippen LogP contribution in [0.15, 0.2) is 44.4 Å². The van der Waals surface area contributed by atoms with Crippen LogP contribution in [0.3, 0.4) is 0 Å². The number of hydrogen-bond acceptors (Lipinski definition) is 4. The highest BCUT2D eigenvalue weighted by atomic mass is 19.1. The largest absolute Gasteiger partial charge is 0.402 e. The van der Waals surface area contributed by atoms with E-state index in [-0.39, 0.29) is 6.54 Å². The fourth-order valence-corrected chi connectivity index (χ4v) is 2.15. The quantitative estimate of drug-likeness (QED) is 0.513. The maximum absolute atomic E-state index is 13.5. The molecule has 0 aromatic heterocycles. The molecule has 0 heterocycles. The number of halogens is 1. The molecule has 1 rings (SSSR count). The Kier molecular flexibility index (Phi) is 8.64. The average Bonchev–Trinajstić information content (AvgIpc) is 2.56. The molecule has 0 aliphatic heterocycles. The van der Waals surface area contributed by atoms with Crippen molar-refractivity contribution in [3.8, 4) is 0 Å². The summed E-state index contributed by atoms with van der Waals surface area (Å²) in [7, 11) is 0. The van der Waals surface area contributed by atoms with E-state index in [4.69, 9.17) is 11.5 Å². The van der Waals surface area contributed by atoms with Crippen molar-refractivity contribution in [3.63, 3.8) is 0 Å². The number of aliphatic hydroxyl groups is 1. The summed E-state index contributed by atoms with van der Waals surface area (Å²) >= 11 is 0. The lowest BCUT2D eigenvalue weighted by atomic mass is 10.0.